The van der Waals surface area contributed by atoms with Crippen LogP contribution in [0.15, 0.2) is 24.3 Å². The molecule has 0 aromatic heterocycles. The summed E-state index contributed by atoms with van der Waals surface area (Å²) in [5, 5.41) is 8.58. The molecule has 20 heavy (non-hydrogen) atoms. The number of aliphatic hydroxyl groups excluding tert-OH is 1. The summed E-state index contributed by atoms with van der Waals surface area (Å²) >= 11 is 0. The molecule has 110 valence electrons. The first-order valence-electron chi connectivity index (χ1n) is 5.99. The first-order chi connectivity index (χ1) is 9.57. The number of ether oxygens (including phenoxy) is 1. The molecule has 0 fully saturated rings. The number of methoxy groups -OCH3 is 1. The van der Waals surface area contributed by atoms with Gasteiger partial charge in [0.1, 0.15) is 6.61 Å². The van der Waals surface area contributed by atoms with Gasteiger partial charge in [0.05, 0.1) is 6.61 Å². The molecule has 1 rings (SSSR count). The maximum Gasteiger partial charge on any atom is 0.277 e. The Bertz CT molecular complexity index is 558. The largest absolute Gasteiger partial charge is 0.384 e. The smallest absolute Gasteiger partial charge is 0.277 e. The second-order valence-corrected chi connectivity index (χ2v) is 5.45. The Labute approximate surface area is 119 Å². The van der Waals surface area contributed by atoms with Crippen LogP contribution in [0, 0.1) is 11.8 Å². The zero-order valence-corrected chi connectivity index (χ0v) is 12.0. The number of benzene rings is 1. The second-order valence-electron chi connectivity index (χ2n) is 3.87. The summed E-state index contributed by atoms with van der Waals surface area (Å²) in [4.78, 5) is 0. The molecule has 0 aliphatic carbocycles. The van der Waals surface area contributed by atoms with Gasteiger partial charge in [0.2, 0.25) is 0 Å². The Morgan fingerprint density at radius 1 is 1.25 bits per heavy atom. The van der Waals surface area contributed by atoms with Crippen molar-refractivity contribution in [3.05, 3.63) is 35.4 Å². The molecule has 0 unspecified atom stereocenters. The number of aliphatic hydroxyl groups is 1. The van der Waals surface area contributed by atoms with E-state index < -0.39 is 10.2 Å². The molecule has 1 aromatic carbocycles. The molecule has 0 saturated heterocycles. The minimum atomic E-state index is -3.52. The highest BCUT2D eigenvalue weighted by molar-refractivity contribution is 7.87. The summed E-state index contributed by atoms with van der Waals surface area (Å²) in [6.07, 6.45) is 0. The number of rotatable bonds is 7. The third kappa shape index (κ3) is 6.65. The van der Waals surface area contributed by atoms with Crippen LogP contribution in [0.1, 0.15) is 11.1 Å². The zero-order chi connectivity index (χ0) is 14.8. The topological polar surface area (TPSA) is 87.7 Å². The van der Waals surface area contributed by atoms with Crippen LogP contribution in [0.3, 0.4) is 0 Å². The second kappa shape index (κ2) is 8.68. The normalized spacial score (nSPS) is 10.9. The van der Waals surface area contributed by atoms with Crippen molar-refractivity contribution >= 4 is 10.2 Å². The van der Waals surface area contributed by atoms with Crippen molar-refractivity contribution in [2.24, 2.45) is 0 Å². The van der Waals surface area contributed by atoms with Crippen LogP contribution in [0.25, 0.3) is 0 Å². The van der Waals surface area contributed by atoms with E-state index >= 15 is 0 Å². The number of hydrogen-bond acceptors (Lipinski definition) is 4. The molecule has 0 amide bonds. The monoisotopic (exact) mass is 298 g/mol. The quantitative estimate of drug-likeness (QED) is 0.472. The van der Waals surface area contributed by atoms with Crippen LogP contribution in [0.2, 0.25) is 0 Å². The molecular formula is C13H18N2O4S. The third-order valence-corrected chi connectivity index (χ3v) is 3.44. The first-order valence-corrected chi connectivity index (χ1v) is 7.47. The van der Waals surface area contributed by atoms with Crippen molar-refractivity contribution in [1.29, 1.82) is 0 Å². The van der Waals surface area contributed by atoms with E-state index in [9.17, 15) is 8.42 Å². The molecule has 0 aliphatic rings. The van der Waals surface area contributed by atoms with Gasteiger partial charge in [-0.2, -0.15) is 17.9 Å². The van der Waals surface area contributed by atoms with Gasteiger partial charge in [-0.25, -0.2) is 0 Å². The van der Waals surface area contributed by atoms with Gasteiger partial charge in [-0.1, -0.05) is 24.0 Å². The molecule has 0 bridgehead atoms. The van der Waals surface area contributed by atoms with Crippen LogP contribution >= 0.6 is 0 Å². The molecule has 0 atom stereocenters. The van der Waals surface area contributed by atoms with Crippen molar-refractivity contribution < 1.29 is 18.3 Å². The molecule has 7 heteroatoms. The maximum atomic E-state index is 11.6. The highest BCUT2D eigenvalue weighted by Crippen LogP contribution is 2.03. The molecule has 0 saturated carbocycles. The van der Waals surface area contributed by atoms with Gasteiger partial charge in [-0.15, -0.1) is 0 Å². The van der Waals surface area contributed by atoms with Crippen LogP contribution in [0.5, 0.6) is 0 Å². The lowest BCUT2D eigenvalue weighted by Crippen LogP contribution is -2.37. The van der Waals surface area contributed by atoms with E-state index in [0.717, 1.165) is 11.1 Å². The fourth-order valence-corrected chi connectivity index (χ4v) is 2.17. The first kappa shape index (κ1) is 16.6. The van der Waals surface area contributed by atoms with Crippen molar-refractivity contribution in [1.82, 2.24) is 9.44 Å². The highest BCUT2D eigenvalue weighted by atomic mass is 32.2. The summed E-state index contributed by atoms with van der Waals surface area (Å²) in [5.41, 5.74) is 1.58. The van der Waals surface area contributed by atoms with E-state index in [2.05, 4.69) is 21.3 Å². The van der Waals surface area contributed by atoms with Gasteiger partial charge in [0, 0.05) is 25.8 Å². The predicted octanol–water partition coefficient (Wildman–Crippen LogP) is -0.399. The molecule has 0 heterocycles. The van der Waals surface area contributed by atoms with Crippen LogP contribution in [-0.4, -0.2) is 40.4 Å². The van der Waals surface area contributed by atoms with Gasteiger partial charge < -0.3 is 9.84 Å². The Morgan fingerprint density at radius 3 is 2.55 bits per heavy atom. The lowest BCUT2D eigenvalue weighted by atomic mass is 10.1. The summed E-state index contributed by atoms with van der Waals surface area (Å²) in [6, 6.07) is 7.09. The fraction of sp³-hybridized carbons (Fsp3) is 0.385. The Balaban J connectivity index is 2.49. The third-order valence-electron chi connectivity index (χ3n) is 2.33. The zero-order valence-electron chi connectivity index (χ0n) is 11.2. The molecule has 0 radical (unpaired) electrons. The standard InChI is InChI=1S/C13H18N2O4S/c1-19-10-8-14-20(17,18)15-11-13-6-4-12(5-7-13)3-2-9-16/h4-7,14-16H,8-11H2,1H3. The van der Waals surface area contributed by atoms with Crippen LogP contribution < -0.4 is 9.44 Å². The number of nitrogens with one attached hydrogen (secondary N) is 2. The van der Waals surface area contributed by atoms with E-state index in [1.165, 1.54) is 7.11 Å². The summed E-state index contributed by atoms with van der Waals surface area (Å²) < 4.78 is 32.7. The lowest BCUT2D eigenvalue weighted by Gasteiger charge is -2.08. The molecule has 6 nitrogen and oxygen atoms in total. The molecular weight excluding hydrogens is 280 g/mol. The van der Waals surface area contributed by atoms with Crippen molar-refractivity contribution in [2.75, 3.05) is 26.9 Å². The van der Waals surface area contributed by atoms with Gasteiger partial charge in [0.25, 0.3) is 10.2 Å². The Morgan fingerprint density at radius 2 is 1.95 bits per heavy atom. The van der Waals surface area contributed by atoms with E-state index in [1.54, 1.807) is 24.3 Å². The Hall–Kier alpha value is -1.43. The lowest BCUT2D eigenvalue weighted by molar-refractivity contribution is 0.204. The maximum absolute atomic E-state index is 11.6. The van der Waals surface area contributed by atoms with Crippen molar-refractivity contribution in [3.63, 3.8) is 0 Å². The average Bonchev–Trinajstić information content (AvgIpc) is 2.44. The predicted molar refractivity (Wildman–Crippen MR) is 76.0 cm³/mol. The number of hydrogen-bond donors (Lipinski definition) is 3. The van der Waals surface area contributed by atoms with Crippen molar-refractivity contribution in [3.8, 4) is 11.8 Å². The van der Waals surface area contributed by atoms with E-state index in [1.807, 2.05) is 0 Å². The van der Waals surface area contributed by atoms with Crippen molar-refractivity contribution in [2.45, 2.75) is 6.54 Å². The van der Waals surface area contributed by atoms with Gasteiger partial charge >= 0.3 is 0 Å². The summed E-state index contributed by atoms with van der Waals surface area (Å²) in [6.45, 7) is 0.547. The summed E-state index contributed by atoms with van der Waals surface area (Å²) in [7, 11) is -2.01. The minimum Gasteiger partial charge on any atom is -0.384 e. The fourth-order valence-electron chi connectivity index (χ4n) is 1.35. The van der Waals surface area contributed by atoms with Crippen LogP contribution in [0.4, 0.5) is 0 Å². The van der Waals surface area contributed by atoms with Gasteiger partial charge in [-0.3, -0.25) is 0 Å². The molecule has 1 aromatic rings. The summed E-state index contributed by atoms with van der Waals surface area (Å²) in [5.74, 6) is 5.30. The SMILES string of the molecule is COCCNS(=O)(=O)NCc1ccc(C#CCO)cc1. The van der Waals surface area contributed by atoms with Crippen LogP contribution in [-0.2, 0) is 21.5 Å². The van der Waals surface area contributed by atoms with E-state index in [0.29, 0.717) is 6.61 Å². The average molecular weight is 298 g/mol. The molecule has 0 aliphatic heterocycles. The molecule has 3 N–H and O–H groups in total. The minimum absolute atomic E-state index is 0.186. The highest BCUT2D eigenvalue weighted by Gasteiger charge is 2.07. The van der Waals surface area contributed by atoms with E-state index in [4.69, 9.17) is 9.84 Å². The van der Waals surface area contributed by atoms with E-state index in [-0.39, 0.29) is 19.7 Å². The Kier molecular flexibility index (Phi) is 7.22. The van der Waals surface area contributed by atoms with Gasteiger partial charge in [0.15, 0.2) is 0 Å². The molecule has 0 spiro atoms. The van der Waals surface area contributed by atoms with Gasteiger partial charge in [-0.05, 0) is 17.7 Å².